The normalized spacial score (nSPS) is 20.3. The summed E-state index contributed by atoms with van der Waals surface area (Å²) in [7, 11) is 0. The molecule has 4 rings (SSSR count). The summed E-state index contributed by atoms with van der Waals surface area (Å²) in [5.74, 6) is 1.26. The van der Waals surface area contributed by atoms with Gasteiger partial charge in [0.05, 0.1) is 5.75 Å². The molecule has 2 aromatic rings. The Labute approximate surface area is 158 Å². The minimum Gasteiger partial charge on any atom is -0.401 e. The van der Waals surface area contributed by atoms with Crippen molar-refractivity contribution in [3.8, 4) is 0 Å². The van der Waals surface area contributed by atoms with Crippen molar-refractivity contribution in [2.45, 2.75) is 26.4 Å². The summed E-state index contributed by atoms with van der Waals surface area (Å²) < 4.78 is 36.1. The van der Waals surface area contributed by atoms with E-state index in [0.717, 1.165) is 33.9 Å². The molecule has 2 aliphatic rings. The highest BCUT2D eigenvalue weighted by Crippen LogP contribution is 2.47. The van der Waals surface area contributed by atoms with Gasteiger partial charge in [0.2, 0.25) is 11.1 Å². The molecule has 26 heavy (non-hydrogen) atoms. The van der Waals surface area contributed by atoms with Crippen LogP contribution in [-0.4, -0.2) is 19.9 Å². The molecule has 136 valence electrons. The molecule has 0 fully saturated rings. The van der Waals surface area contributed by atoms with Crippen LogP contribution in [0, 0.1) is 0 Å². The average molecular weight is 389 g/mol. The average Bonchev–Trinajstić information content (AvgIpc) is 2.68. The zero-order chi connectivity index (χ0) is 18.3. The van der Waals surface area contributed by atoms with Gasteiger partial charge >= 0.3 is 0 Å². The van der Waals surface area contributed by atoms with Crippen LogP contribution in [0.1, 0.15) is 36.6 Å². The highest BCUT2D eigenvalue weighted by atomic mass is 32.2. The zero-order valence-corrected chi connectivity index (χ0v) is 16.3. The first kappa shape index (κ1) is 17.6. The third-order valence-corrected chi connectivity index (χ3v) is 6.41. The Morgan fingerprint density at radius 3 is 2.65 bits per heavy atom. The van der Waals surface area contributed by atoms with Gasteiger partial charge in [-0.2, -0.15) is 0 Å². The molecule has 0 aliphatic heterocycles. The molecule has 4 nitrogen and oxygen atoms in total. The van der Waals surface area contributed by atoms with E-state index in [9.17, 15) is 8.42 Å². The Hall–Kier alpha value is -1.76. The third kappa shape index (κ3) is 2.86. The summed E-state index contributed by atoms with van der Waals surface area (Å²) in [5.41, 5.74) is 4.13. The predicted octanol–water partition coefficient (Wildman–Crippen LogP) is 4.12. The van der Waals surface area contributed by atoms with E-state index in [2.05, 4.69) is 24.3 Å². The van der Waals surface area contributed by atoms with Crippen LogP contribution in [0.3, 0.4) is 0 Å². The molecule has 0 heterocycles. The Morgan fingerprint density at radius 2 is 1.88 bits per heavy atom. The number of benzene rings is 2. The van der Waals surface area contributed by atoms with Crippen LogP contribution in [0.5, 0.6) is 0 Å². The van der Waals surface area contributed by atoms with Gasteiger partial charge < -0.3 is 4.18 Å². The van der Waals surface area contributed by atoms with E-state index >= 15 is 0 Å². The molecule has 0 spiro atoms. The van der Waals surface area contributed by atoms with Crippen molar-refractivity contribution in [1.82, 2.24) is 0 Å². The number of allylic oxidation sites excluding steroid dienone is 3. The van der Waals surface area contributed by atoms with Crippen molar-refractivity contribution in [1.29, 1.82) is 0 Å². The first-order chi connectivity index (χ1) is 12.6. The molecule has 0 saturated carbocycles. The van der Waals surface area contributed by atoms with Gasteiger partial charge in [-0.3, -0.25) is 4.18 Å². The van der Waals surface area contributed by atoms with Crippen molar-refractivity contribution in [2.24, 2.45) is 0 Å². The Morgan fingerprint density at radius 1 is 1.08 bits per heavy atom. The third-order valence-electron chi connectivity index (χ3n) is 4.70. The standard InChI is InChI=1S/C20H20O4S2/c1-3-25(21)23-19-15-9-5-7-13-11-12-14-8-6-10-16(18(14)17(13)15)20(19)24-26(22)4-2/h5-7,9-12,19H,3-4,8H2,1-2H3. The Bertz CT molecular complexity index is 991. The molecule has 0 bridgehead atoms. The second kappa shape index (κ2) is 7.10. The fraction of sp³-hybridized carbons (Fsp3) is 0.300. The van der Waals surface area contributed by atoms with E-state index in [0.29, 0.717) is 17.3 Å². The van der Waals surface area contributed by atoms with Crippen molar-refractivity contribution in [2.75, 3.05) is 11.5 Å². The molecule has 2 aliphatic carbocycles. The fourth-order valence-electron chi connectivity index (χ4n) is 3.54. The lowest BCUT2D eigenvalue weighted by Crippen LogP contribution is -2.20. The van der Waals surface area contributed by atoms with Gasteiger partial charge in [0.15, 0.2) is 22.9 Å². The minimum absolute atomic E-state index is 0.378. The van der Waals surface area contributed by atoms with E-state index < -0.39 is 28.3 Å². The SMILES string of the molecule is CCS(=O)OC1=C2C=CCc3ccc4cccc(c4c32)C1OS(=O)CC. The van der Waals surface area contributed by atoms with Crippen molar-refractivity contribution < 1.29 is 16.8 Å². The van der Waals surface area contributed by atoms with Crippen LogP contribution in [0.2, 0.25) is 0 Å². The molecule has 6 heteroatoms. The fourth-order valence-corrected chi connectivity index (χ4v) is 4.58. The summed E-state index contributed by atoms with van der Waals surface area (Å²) in [5, 5.41) is 2.22. The minimum atomic E-state index is -1.46. The van der Waals surface area contributed by atoms with Gasteiger partial charge in [-0.1, -0.05) is 56.3 Å². The maximum Gasteiger partial charge on any atom is 0.205 e. The lowest BCUT2D eigenvalue weighted by molar-refractivity contribution is 0.215. The van der Waals surface area contributed by atoms with E-state index in [4.69, 9.17) is 8.37 Å². The maximum absolute atomic E-state index is 12.2. The number of rotatable bonds is 6. The van der Waals surface area contributed by atoms with Gasteiger partial charge in [0.25, 0.3) is 0 Å². The van der Waals surface area contributed by atoms with Gasteiger partial charge in [-0.25, -0.2) is 8.42 Å². The van der Waals surface area contributed by atoms with Crippen LogP contribution in [0.4, 0.5) is 0 Å². The summed E-state index contributed by atoms with van der Waals surface area (Å²) in [6.45, 7) is 3.62. The summed E-state index contributed by atoms with van der Waals surface area (Å²) in [4.78, 5) is 0. The second-order valence-electron chi connectivity index (χ2n) is 6.17. The first-order valence-corrected chi connectivity index (χ1v) is 11.2. The monoisotopic (exact) mass is 388 g/mol. The molecular weight excluding hydrogens is 368 g/mol. The summed E-state index contributed by atoms with van der Waals surface area (Å²) in [6.07, 6.45) is 4.30. The van der Waals surface area contributed by atoms with E-state index in [1.807, 2.05) is 25.1 Å². The molecule has 0 N–H and O–H groups in total. The van der Waals surface area contributed by atoms with Gasteiger partial charge in [-0.05, 0) is 33.9 Å². The molecule has 3 unspecified atom stereocenters. The van der Waals surface area contributed by atoms with Crippen LogP contribution in [0.15, 0.2) is 48.2 Å². The van der Waals surface area contributed by atoms with E-state index in [1.54, 1.807) is 6.92 Å². The summed E-state index contributed by atoms with van der Waals surface area (Å²) in [6, 6.07) is 10.3. The lowest BCUT2D eigenvalue weighted by Gasteiger charge is -2.31. The van der Waals surface area contributed by atoms with Crippen LogP contribution in [-0.2, 0) is 36.9 Å². The molecule has 0 amide bonds. The number of hydrogen-bond acceptors (Lipinski definition) is 4. The van der Waals surface area contributed by atoms with Crippen LogP contribution >= 0.6 is 0 Å². The molecule has 0 radical (unpaired) electrons. The zero-order valence-electron chi connectivity index (χ0n) is 14.7. The molecule has 3 atom stereocenters. The van der Waals surface area contributed by atoms with Gasteiger partial charge in [0.1, 0.15) is 0 Å². The smallest absolute Gasteiger partial charge is 0.205 e. The highest BCUT2D eigenvalue weighted by molar-refractivity contribution is 7.80. The number of hydrogen-bond donors (Lipinski definition) is 0. The Kier molecular flexibility index (Phi) is 4.82. The quantitative estimate of drug-likeness (QED) is 0.747. The maximum atomic E-state index is 12.2. The molecule has 2 aromatic carbocycles. The van der Waals surface area contributed by atoms with Crippen LogP contribution < -0.4 is 0 Å². The molecular formula is C20H20O4S2. The van der Waals surface area contributed by atoms with Gasteiger partial charge in [0, 0.05) is 11.3 Å². The largest absolute Gasteiger partial charge is 0.401 e. The molecule has 0 aromatic heterocycles. The van der Waals surface area contributed by atoms with Crippen LogP contribution in [0.25, 0.3) is 16.3 Å². The highest BCUT2D eigenvalue weighted by Gasteiger charge is 2.35. The Balaban J connectivity index is 2.01. The van der Waals surface area contributed by atoms with Crippen molar-refractivity contribution in [3.63, 3.8) is 0 Å². The predicted molar refractivity (Wildman–Crippen MR) is 106 cm³/mol. The van der Waals surface area contributed by atoms with Gasteiger partial charge in [-0.15, -0.1) is 0 Å². The first-order valence-electron chi connectivity index (χ1n) is 8.71. The van der Waals surface area contributed by atoms with E-state index in [-0.39, 0.29) is 0 Å². The summed E-state index contributed by atoms with van der Waals surface area (Å²) >= 11 is -2.91. The van der Waals surface area contributed by atoms with E-state index in [1.165, 1.54) is 5.56 Å². The van der Waals surface area contributed by atoms with Crippen molar-refractivity contribution in [3.05, 3.63) is 64.9 Å². The van der Waals surface area contributed by atoms with Crippen molar-refractivity contribution >= 4 is 38.5 Å². The topological polar surface area (TPSA) is 52.6 Å². The molecule has 0 saturated heterocycles. The lowest BCUT2D eigenvalue weighted by atomic mass is 9.80. The second-order valence-corrected chi connectivity index (χ2v) is 8.90.